The topological polar surface area (TPSA) is 58.4 Å². The Hall–Kier alpha value is -2.51. The van der Waals surface area contributed by atoms with Crippen LogP contribution in [0.2, 0.25) is 0 Å². The number of thiazole rings is 1. The number of piperidine rings is 1. The molecule has 7 heteroatoms. The second-order valence-corrected chi connectivity index (χ2v) is 11.5. The number of aromatic nitrogens is 4. The third-order valence-electron chi connectivity index (χ3n) is 7.47. The maximum Gasteiger partial charge on any atom is 0.186 e. The van der Waals surface area contributed by atoms with Crippen molar-refractivity contribution in [3.05, 3.63) is 42.0 Å². The molecule has 0 saturated carbocycles. The maximum atomic E-state index is 4.96. The number of rotatable bonds is 3. The standard InChI is InChI=1S/C25H30N6S/c1-15-8-17(14-31-13-16(2)27-22(15)31)19-9-21-20(12-26-19)28-23(32-21)30(5)18-10-24(3)6-7-25(4,11-18)29-24/h8-9,12-14,18,29H,6-7,10-11H2,1-5H3. The Labute approximate surface area is 192 Å². The van der Waals surface area contributed by atoms with Crippen LogP contribution in [0.3, 0.4) is 0 Å². The van der Waals surface area contributed by atoms with Crippen LogP contribution in [0.1, 0.15) is 50.8 Å². The van der Waals surface area contributed by atoms with Crippen LogP contribution in [-0.2, 0) is 0 Å². The van der Waals surface area contributed by atoms with Gasteiger partial charge in [-0.3, -0.25) is 4.98 Å². The summed E-state index contributed by atoms with van der Waals surface area (Å²) in [6.07, 6.45) is 11.0. The molecule has 2 aliphatic heterocycles. The van der Waals surface area contributed by atoms with Gasteiger partial charge in [-0.25, -0.2) is 9.97 Å². The highest BCUT2D eigenvalue weighted by Gasteiger charge is 2.49. The number of pyridine rings is 2. The van der Waals surface area contributed by atoms with E-state index in [9.17, 15) is 0 Å². The first-order valence-corrected chi connectivity index (χ1v) is 12.3. The molecule has 32 heavy (non-hydrogen) atoms. The summed E-state index contributed by atoms with van der Waals surface area (Å²) >= 11 is 1.78. The Kier molecular flexibility index (Phi) is 4.24. The first-order chi connectivity index (χ1) is 15.2. The van der Waals surface area contributed by atoms with Gasteiger partial charge in [-0.15, -0.1) is 0 Å². The summed E-state index contributed by atoms with van der Waals surface area (Å²) in [5.74, 6) is 0. The molecule has 2 saturated heterocycles. The van der Waals surface area contributed by atoms with Gasteiger partial charge in [0.25, 0.3) is 0 Å². The minimum absolute atomic E-state index is 0.250. The summed E-state index contributed by atoms with van der Waals surface area (Å²) in [4.78, 5) is 16.7. The smallest absolute Gasteiger partial charge is 0.186 e. The molecule has 0 aliphatic carbocycles. The SMILES string of the molecule is Cc1cn2cc(-c3cc4sc(N(C)C5CC6(C)CCC(C)(C5)N6)nc4cn3)cc(C)c2n1. The number of aryl methyl sites for hydroxylation is 2. The summed E-state index contributed by atoms with van der Waals surface area (Å²) in [6.45, 7) is 8.90. The van der Waals surface area contributed by atoms with Gasteiger partial charge in [0.15, 0.2) is 5.13 Å². The molecule has 6 nitrogen and oxygen atoms in total. The molecular formula is C25H30N6S. The van der Waals surface area contributed by atoms with Gasteiger partial charge in [0, 0.05) is 42.1 Å². The van der Waals surface area contributed by atoms with E-state index in [4.69, 9.17) is 9.97 Å². The number of fused-ring (bicyclic) bond motifs is 4. The van der Waals surface area contributed by atoms with Crippen molar-refractivity contribution >= 4 is 32.3 Å². The van der Waals surface area contributed by atoms with E-state index in [1.807, 2.05) is 13.1 Å². The van der Waals surface area contributed by atoms with E-state index in [1.165, 1.54) is 30.4 Å². The van der Waals surface area contributed by atoms with Gasteiger partial charge in [-0.1, -0.05) is 11.3 Å². The van der Waals surface area contributed by atoms with Crippen LogP contribution in [-0.4, -0.2) is 43.5 Å². The third kappa shape index (κ3) is 3.21. The van der Waals surface area contributed by atoms with Crippen LogP contribution in [0.5, 0.6) is 0 Å². The largest absolute Gasteiger partial charge is 0.348 e. The Bertz CT molecular complexity index is 1340. The fourth-order valence-corrected chi connectivity index (χ4v) is 6.92. The third-order valence-corrected chi connectivity index (χ3v) is 8.58. The van der Waals surface area contributed by atoms with Gasteiger partial charge < -0.3 is 14.6 Å². The highest BCUT2D eigenvalue weighted by Crippen LogP contribution is 2.44. The molecule has 6 rings (SSSR count). The van der Waals surface area contributed by atoms with Crippen molar-refractivity contribution in [1.82, 2.24) is 24.7 Å². The molecule has 0 aromatic carbocycles. The van der Waals surface area contributed by atoms with E-state index in [1.54, 1.807) is 11.3 Å². The van der Waals surface area contributed by atoms with Gasteiger partial charge >= 0.3 is 0 Å². The number of nitrogens with zero attached hydrogens (tertiary/aromatic N) is 5. The lowest BCUT2D eigenvalue weighted by atomic mass is 9.84. The van der Waals surface area contributed by atoms with Crippen LogP contribution < -0.4 is 10.2 Å². The molecule has 2 unspecified atom stereocenters. The van der Waals surface area contributed by atoms with E-state index in [2.05, 4.69) is 71.9 Å². The van der Waals surface area contributed by atoms with Crippen molar-refractivity contribution in [2.75, 3.05) is 11.9 Å². The minimum atomic E-state index is 0.250. The van der Waals surface area contributed by atoms with Crippen molar-refractivity contribution in [3.8, 4) is 11.3 Å². The zero-order chi connectivity index (χ0) is 22.3. The molecule has 2 atom stereocenters. The first kappa shape index (κ1) is 20.1. The maximum absolute atomic E-state index is 4.96. The number of anilines is 1. The number of nitrogens with one attached hydrogen (secondary N) is 1. The van der Waals surface area contributed by atoms with Crippen molar-refractivity contribution in [2.45, 2.75) is 70.5 Å². The predicted molar refractivity (Wildman–Crippen MR) is 132 cm³/mol. The Morgan fingerprint density at radius 3 is 2.59 bits per heavy atom. The zero-order valence-corrected chi connectivity index (χ0v) is 20.3. The highest BCUT2D eigenvalue weighted by molar-refractivity contribution is 7.22. The predicted octanol–water partition coefficient (Wildman–Crippen LogP) is 5.12. The number of imidazole rings is 1. The van der Waals surface area contributed by atoms with Crippen LogP contribution >= 0.6 is 11.3 Å². The van der Waals surface area contributed by atoms with E-state index in [-0.39, 0.29) is 11.1 Å². The molecule has 4 aromatic rings. The molecule has 2 aliphatic rings. The normalized spacial score (nSPS) is 27.5. The Morgan fingerprint density at radius 2 is 1.84 bits per heavy atom. The molecule has 0 spiro atoms. The van der Waals surface area contributed by atoms with Gasteiger partial charge in [-0.05, 0) is 71.1 Å². The average molecular weight is 447 g/mol. The van der Waals surface area contributed by atoms with Crippen LogP contribution in [0.4, 0.5) is 5.13 Å². The molecule has 166 valence electrons. The van der Waals surface area contributed by atoms with E-state index in [0.29, 0.717) is 6.04 Å². The number of hydrogen-bond donors (Lipinski definition) is 1. The molecule has 2 bridgehead atoms. The lowest BCUT2D eigenvalue weighted by Gasteiger charge is -2.45. The molecular weight excluding hydrogens is 416 g/mol. The van der Waals surface area contributed by atoms with E-state index >= 15 is 0 Å². The van der Waals surface area contributed by atoms with Crippen molar-refractivity contribution < 1.29 is 0 Å². The molecule has 0 radical (unpaired) electrons. The van der Waals surface area contributed by atoms with Crippen molar-refractivity contribution in [3.63, 3.8) is 0 Å². The average Bonchev–Trinajstić information content (AvgIpc) is 3.39. The Morgan fingerprint density at radius 1 is 1.09 bits per heavy atom. The molecule has 1 N–H and O–H groups in total. The highest BCUT2D eigenvalue weighted by atomic mass is 32.1. The summed E-state index contributed by atoms with van der Waals surface area (Å²) in [5, 5.41) is 4.98. The summed E-state index contributed by atoms with van der Waals surface area (Å²) in [6, 6.07) is 4.87. The van der Waals surface area contributed by atoms with Gasteiger partial charge in [-0.2, -0.15) is 0 Å². The monoisotopic (exact) mass is 446 g/mol. The molecule has 0 amide bonds. The quantitative estimate of drug-likeness (QED) is 0.473. The Balaban J connectivity index is 1.33. The summed E-state index contributed by atoms with van der Waals surface area (Å²) in [7, 11) is 2.22. The summed E-state index contributed by atoms with van der Waals surface area (Å²) < 4.78 is 3.29. The lowest BCUT2D eigenvalue weighted by molar-refractivity contribution is 0.208. The molecule has 6 heterocycles. The van der Waals surface area contributed by atoms with Crippen LogP contribution in [0, 0.1) is 13.8 Å². The molecule has 2 fully saturated rings. The van der Waals surface area contributed by atoms with E-state index < -0.39 is 0 Å². The number of hydrogen-bond acceptors (Lipinski definition) is 6. The zero-order valence-electron chi connectivity index (χ0n) is 19.4. The first-order valence-electron chi connectivity index (χ1n) is 11.5. The fourth-order valence-electron chi connectivity index (χ4n) is 5.91. The van der Waals surface area contributed by atoms with E-state index in [0.717, 1.165) is 38.8 Å². The van der Waals surface area contributed by atoms with Crippen molar-refractivity contribution in [2.24, 2.45) is 0 Å². The van der Waals surface area contributed by atoms with Crippen LogP contribution in [0.15, 0.2) is 30.7 Å². The van der Waals surface area contributed by atoms with Gasteiger partial charge in [0.05, 0.1) is 22.3 Å². The van der Waals surface area contributed by atoms with Gasteiger partial charge in [0.1, 0.15) is 11.2 Å². The summed E-state index contributed by atoms with van der Waals surface area (Å²) in [5.41, 5.74) is 6.75. The van der Waals surface area contributed by atoms with Crippen LogP contribution in [0.25, 0.3) is 27.1 Å². The lowest BCUT2D eigenvalue weighted by Crippen LogP contribution is -2.58. The molecule has 4 aromatic heterocycles. The minimum Gasteiger partial charge on any atom is -0.348 e. The second kappa shape index (κ2) is 6.75. The van der Waals surface area contributed by atoms with Gasteiger partial charge in [0.2, 0.25) is 0 Å². The van der Waals surface area contributed by atoms with Crippen molar-refractivity contribution in [1.29, 1.82) is 0 Å². The second-order valence-electron chi connectivity index (χ2n) is 10.5. The fraction of sp³-hybridized carbons (Fsp3) is 0.480.